The Bertz CT molecular complexity index is 741. The number of rotatable bonds is 5. The molecule has 1 aromatic heterocycles. The summed E-state index contributed by atoms with van der Waals surface area (Å²) >= 11 is 1.65. The summed E-state index contributed by atoms with van der Waals surface area (Å²) in [6, 6.07) is 7.80. The van der Waals surface area contributed by atoms with Gasteiger partial charge in [0.25, 0.3) is 0 Å². The third kappa shape index (κ3) is 3.34. The van der Waals surface area contributed by atoms with Gasteiger partial charge in [-0.15, -0.1) is 11.3 Å². The van der Waals surface area contributed by atoms with Gasteiger partial charge in [0.1, 0.15) is 5.75 Å². The van der Waals surface area contributed by atoms with Crippen molar-refractivity contribution in [2.45, 2.75) is 46.5 Å². The Labute approximate surface area is 147 Å². The first-order chi connectivity index (χ1) is 11.4. The lowest BCUT2D eigenvalue weighted by molar-refractivity contribution is 0.0696. The lowest BCUT2D eigenvalue weighted by Gasteiger charge is -2.29. The summed E-state index contributed by atoms with van der Waals surface area (Å²) in [5.74, 6) is 0.0198. The number of carboxylic acids is 1. The van der Waals surface area contributed by atoms with E-state index in [9.17, 15) is 9.90 Å². The van der Waals surface area contributed by atoms with E-state index in [1.54, 1.807) is 11.3 Å². The maximum absolute atomic E-state index is 11.9. The van der Waals surface area contributed by atoms with Gasteiger partial charge in [0.15, 0.2) is 0 Å². The van der Waals surface area contributed by atoms with Crippen LogP contribution in [0.4, 0.5) is 0 Å². The van der Waals surface area contributed by atoms with Crippen LogP contribution in [0.15, 0.2) is 24.3 Å². The van der Waals surface area contributed by atoms with Crippen LogP contribution < -0.4 is 4.74 Å². The van der Waals surface area contributed by atoms with Crippen molar-refractivity contribution in [3.63, 3.8) is 0 Å². The van der Waals surface area contributed by atoms with Gasteiger partial charge in [-0.25, -0.2) is 4.79 Å². The summed E-state index contributed by atoms with van der Waals surface area (Å²) in [5.41, 5.74) is 2.69. The fourth-order valence-electron chi connectivity index (χ4n) is 3.27. The smallest absolute Gasteiger partial charge is 0.337 e. The minimum Gasteiger partial charge on any atom is -0.494 e. The number of ether oxygens (including phenoxy) is 1. The fourth-order valence-corrected chi connectivity index (χ4v) is 4.59. The summed E-state index contributed by atoms with van der Waals surface area (Å²) in [6.07, 6.45) is 3.91. The fraction of sp³-hybridized carbons (Fsp3) is 0.450. The highest BCUT2D eigenvalue weighted by atomic mass is 32.1. The van der Waals surface area contributed by atoms with E-state index >= 15 is 0 Å². The molecule has 0 fully saturated rings. The molecule has 2 aromatic rings. The SMILES string of the molecule is CCCOc1ccc(-c2sc3c(c2C(=O)O)CC(C)(C)CC3)cc1. The average Bonchev–Trinajstić information content (AvgIpc) is 2.90. The van der Waals surface area contributed by atoms with Gasteiger partial charge in [0.05, 0.1) is 12.2 Å². The Balaban J connectivity index is 1.99. The number of fused-ring (bicyclic) bond motifs is 1. The molecule has 1 aliphatic rings. The topological polar surface area (TPSA) is 46.5 Å². The third-order valence-corrected chi connectivity index (χ3v) is 5.92. The Kier molecular flexibility index (Phi) is 4.68. The molecule has 0 spiro atoms. The molecule has 0 saturated carbocycles. The molecule has 3 nitrogen and oxygen atoms in total. The molecule has 0 unspecified atom stereocenters. The van der Waals surface area contributed by atoms with Gasteiger partial charge >= 0.3 is 5.97 Å². The van der Waals surface area contributed by atoms with Gasteiger partial charge in [-0.3, -0.25) is 0 Å². The number of hydrogen-bond acceptors (Lipinski definition) is 3. The van der Waals surface area contributed by atoms with Gasteiger partial charge in [-0.05, 0) is 66.5 Å². The first-order valence-corrected chi connectivity index (χ1v) is 9.34. The van der Waals surface area contributed by atoms with Gasteiger partial charge in [-0.1, -0.05) is 20.8 Å². The Morgan fingerprint density at radius 3 is 2.62 bits per heavy atom. The number of aryl methyl sites for hydroxylation is 1. The monoisotopic (exact) mass is 344 g/mol. The molecule has 0 aliphatic heterocycles. The molecule has 4 heteroatoms. The van der Waals surface area contributed by atoms with E-state index < -0.39 is 5.97 Å². The van der Waals surface area contributed by atoms with Crippen LogP contribution in [0.1, 0.15) is 54.4 Å². The Morgan fingerprint density at radius 1 is 1.29 bits per heavy atom. The van der Waals surface area contributed by atoms with Crippen molar-refractivity contribution in [2.24, 2.45) is 5.41 Å². The summed E-state index contributed by atoms with van der Waals surface area (Å²) in [6.45, 7) is 7.21. The Hall–Kier alpha value is -1.81. The quantitative estimate of drug-likeness (QED) is 0.788. The first-order valence-electron chi connectivity index (χ1n) is 8.52. The molecule has 0 radical (unpaired) electrons. The van der Waals surface area contributed by atoms with E-state index in [-0.39, 0.29) is 5.41 Å². The zero-order chi connectivity index (χ0) is 17.3. The molecule has 0 amide bonds. The minimum absolute atomic E-state index is 0.174. The van der Waals surface area contributed by atoms with Crippen molar-refractivity contribution >= 4 is 17.3 Å². The normalized spacial score (nSPS) is 15.8. The number of hydrogen-bond donors (Lipinski definition) is 1. The minimum atomic E-state index is -0.813. The maximum atomic E-state index is 11.9. The van der Waals surface area contributed by atoms with Crippen molar-refractivity contribution in [3.05, 3.63) is 40.3 Å². The van der Waals surface area contributed by atoms with Gasteiger partial charge < -0.3 is 9.84 Å². The van der Waals surface area contributed by atoms with E-state index in [0.29, 0.717) is 12.2 Å². The number of aromatic carboxylic acids is 1. The Morgan fingerprint density at radius 2 is 2.00 bits per heavy atom. The van der Waals surface area contributed by atoms with Crippen LogP contribution in [0.2, 0.25) is 0 Å². The molecular weight excluding hydrogens is 320 g/mol. The van der Waals surface area contributed by atoms with E-state index in [2.05, 4.69) is 20.8 Å². The average molecular weight is 344 g/mol. The van der Waals surface area contributed by atoms with Crippen molar-refractivity contribution in [1.82, 2.24) is 0 Å². The number of carbonyl (C=O) groups is 1. The standard InChI is InChI=1S/C20H24O3S/c1-4-11-23-14-7-5-13(6-8-14)18-17(19(21)22)15-12-20(2,3)10-9-16(15)24-18/h5-8H,4,9-12H2,1-3H3,(H,21,22). The summed E-state index contributed by atoms with van der Waals surface area (Å²) in [7, 11) is 0. The van der Waals surface area contributed by atoms with Crippen LogP contribution in [-0.2, 0) is 12.8 Å². The largest absolute Gasteiger partial charge is 0.494 e. The molecule has 0 bridgehead atoms. The second kappa shape index (κ2) is 6.60. The molecule has 3 rings (SSSR count). The lowest BCUT2D eigenvalue weighted by atomic mass is 9.76. The van der Waals surface area contributed by atoms with E-state index in [1.807, 2.05) is 24.3 Å². The second-order valence-electron chi connectivity index (χ2n) is 7.23. The highest BCUT2D eigenvalue weighted by Crippen LogP contribution is 2.45. The molecule has 0 saturated heterocycles. The van der Waals surface area contributed by atoms with E-state index in [4.69, 9.17) is 4.74 Å². The molecule has 1 aromatic carbocycles. The van der Waals surface area contributed by atoms with Gasteiger partial charge in [0, 0.05) is 9.75 Å². The van der Waals surface area contributed by atoms with E-state index in [0.717, 1.165) is 47.4 Å². The van der Waals surface area contributed by atoms with Crippen LogP contribution in [-0.4, -0.2) is 17.7 Å². The van der Waals surface area contributed by atoms with Crippen molar-refractivity contribution in [2.75, 3.05) is 6.61 Å². The summed E-state index contributed by atoms with van der Waals surface area (Å²) in [4.78, 5) is 14.1. The lowest BCUT2D eigenvalue weighted by Crippen LogP contribution is -2.22. The molecule has 1 heterocycles. The molecular formula is C20H24O3S. The predicted molar refractivity (Wildman–Crippen MR) is 98.3 cm³/mol. The van der Waals surface area contributed by atoms with Crippen molar-refractivity contribution < 1.29 is 14.6 Å². The zero-order valence-corrected chi connectivity index (χ0v) is 15.3. The van der Waals surface area contributed by atoms with Gasteiger partial charge in [-0.2, -0.15) is 0 Å². The van der Waals surface area contributed by atoms with Crippen LogP contribution in [0.25, 0.3) is 10.4 Å². The molecule has 24 heavy (non-hydrogen) atoms. The molecule has 128 valence electrons. The molecule has 1 aliphatic carbocycles. The number of carboxylic acid groups (broad SMARTS) is 1. The third-order valence-electron chi connectivity index (χ3n) is 4.58. The maximum Gasteiger partial charge on any atom is 0.337 e. The number of benzene rings is 1. The van der Waals surface area contributed by atoms with Crippen LogP contribution in [0, 0.1) is 5.41 Å². The highest BCUT2D eigenvalue weighted by molar-refractivity contribution is 7.16. The van der Waals surface area contributed by atoms with Crippen molar-refractivity contribution in [3.8, 4) is 16.2 Å². The second-order valence-corrected chi connectivity index (χ2v) is 8.33. The molecule has 1 N–H and O–H groups in total. The van der Waals surface area contributed by atoms with Crippen LogP contribution >= 0.6 is 11.3 Å². The highest BCUT2D eigenvalue weighted by Gasteiger charge is 2.32. The summed E-state index contributed by atoms with van der Waals surface area (Å²) < 4.78 is 5.62. The van der Waals surface area contributed by atoms with Crippen molar-refractivity contribution in [1.29, 1.82) is 0 Å². The molecule has 0 atom stereocenters. The zero-order valence-electron chi connectivity index (χ0n) is 14.5. The predicted octanol–water partition coefficient (Wildman–Crippen LogP) is 5.42. The summed E-state index contributed by atoms with van der Waals surface area (Å²) in [5, 5.41) is 9.79. The van der Waals surface area contributed by atoms with Gasteiger partial charge in [0.2, 0.25) is 0 Å². The number of thiophene rings is 1. The van der Waals surface area contributed by atoms with E-state index in [1.165, 1.54) is 4.88 Å². The van der Waals surface area contributed by atoms with Crippen LogP contribution in [0.5, 0.6) is 5.75 Å². The first kappa shape index (κ1) is 17.0. The van der Waals surface area contributed by atoms with Crippen LogP contribution in [0.3, 0.4) is 0 Å².